The van der Waals surface area contributed by atoms with Crippen LogP contribution in [0.2, 0.25) is 0 Å². The molecule has 0 unspecified atom stereocenters. The van der Waals surface area contributed by atoms with Crippen LogP contribution in [0.5, 0.6) is 0 Å². The maximum absolute atomic E-state index is 12.2. The molecule has 1 spiro atoms. The second-order valence-electron chi connectivity index (χ2n) is 4.63. The molecule has 0 aliphatic carbocycles. The number of para-hydroxylation sites is 1. The lowest BCUT2D eigenvalue weighted by molar-refractivity contribution is -0.147. The van der Waals surface area contributed by atoms with E-state index in [1.807, 2.05) is 0 Å². The van der Waals surface area contributed by atoms with Gasteiger partial charge in [-0.2, -0.15) is 0 Å². The number of hydrogen-bond acceptors (Lipinski definition) is 4. The third-order valence-electron chi connectivity index (χ3n) is 3.55. The van der Waals surface area contributed by atoms with Crippen molar-refractivity contribution >= 4 is 23.3 Å². The summed E-state index contributed by atoms with van der Waals surface area (Å²) in [7, 11) is 0. The number of rotatable bonds is 1. The number of amides is 1. The second kappa shape index (κ2) is 3.41. The van der Waals surface area contributed by atoms with Crippen molar-refractivity contribution in [1.82, 2.24) is 0 Å². The van der Waals surface area contributed by atoms with E-state index in [9.17, 15) is 14.4 Å². The minimum Gasteiger partial charge on any atom is -0.453 e. The lowest BCUT2D eigenvalue weighted by atomic mass is 9.74. The number of ketones is 1. The van der Waals surface area contributed by atoms with Gasteiger partial charge in [0, 0.05) is 5.69 Å². The summed E-state index contributed by atoms with van der Waals surface area (Å²) < 4.78 is 5.04. The quantitative estimate of drug-likeness (QED) is 0.742. The molecular weight excluding hydrogens is 234 g/mol. The molecule has 1 saturated heterocycles. The van der Waals surface area contributed by atoms with Gasteiger partial charge in [0.25, 0.3) is 0 Å². The molecule has 2 aliphatic heterocycles. The molecule has 5 nitrogen and oxygen atoms in total. The molecular formula is C13H11NO4. The molecule has 1 N–H and O–H groups in total. The smallest absolute Gasteiger partial charge is 0.308 e. The molecule has 2 atom stereocenters. The molecule has 92 valence electrons. The highest BCUT2D eigenvalue weighted by Crippen LogP contribution is 2.47. The van der Waals surface area contributed by atoms with E-state index in [1.165, 1.54) is 6.92 Å². The number of nitrogens with one attached hydrogen (secondary N) is 1. The standard InChI is InChI=1S/C13H11NO4/c1-7(15)11-13(6-10(16)18-11)8-4-2-3-5-9(8)14-12(13)17/h2-5,11H,6H2,1H3,(H,14,17)/t11-,13-/m0/s1. The van der Waals surface area contributed by atoms with Gasteiger partial charge in [-0.1, -0.05) is 18.2 Å². The van der Waals surface area contributed by atoms with Gasteiger partial charge in [0.15, 0.2) is 11.9 Å². The SMILES string of the molecule is CC(=O)[C@@H]1OC(=O)C[C@@]12C(=O)Nc1ccccc12. The average Bonchev–Trinajstić information content (AvgIpc) is 2.81. The zero-order chi connectivity index (χ0) is 12.9. The number of Topliss-reactive ketones (excluding diaryl/α,β-unsaturated/α-hetero) is 1. The van der Waals surface area contributed by atoms with Crippen LogP contribution in [0.4, 0.5) is 5.69 Å². The van der Waals surface area contributed by atoms with E-state index >= 15 is 0 Å². The van der Waals surface area contributed by atoms with Gasteiger partial charge in [0.1, 0.15) is 5.41 Å². The Kier molecular flexibility index (Phi) is 2.08. The molecule has 0 bridgehead atoms. The fraction of sp³-hybridized carbons (Fsp3) is 0.308. The molecule has 3 rings (SSSR count). The number of anilines is 1. The summed E-state index contributed by atoms with van der Waals surface area (Å²) in [6.07, 6.45) is -1.10. The summed E-state index contributed by atoms with van der Waals surface area (Å²) in [5.41, 5.74) is 0.132. The first-order valence-electron chi connectivity index (χ1n) is 5.66. The number of esters is 1. The molecule has 5 heteroatoms. The third-order valence-corrected chi connectivity index (χ3v) is 3.55. The molecule has 2 aliphatic rings. The zero-order valence-electron chi connectivity index (χ0n) is 9.73. The maximum atomic E-state index is 12.2. The molecule has 1 amide bonds. The van der Waals surface area contributed by atoms with Crippen LogP contribution in [-0.4, -0.2) is 23.8 Å². The first kappa shape index (κ1) is 11.0. The summed E-state index contributed by atoms with van der Waals surface area (Å²) in [6, 6.07) is 7.08. The van der Waals surface area contributed by atoms with Crippen LogP contribution in [0.3, 0.4) is 0 Å². The number of carbonyl (C=O) groups is 3. The zero-order valence-corrected chi connectivity index (χ0v) is 9.73. The Bertz CT molecular complexity index is 580. The fourth-order valence-electron chi connectivity index (χ4n) is 2.80. The van der Waals surface area contributed by atoms with Crippen LogP contribution >= 0.6 is 0 Å². The van der Waals surface area contributed by atoms with Crippen LogP contribution < -0.4 is 5.32 Å². The maximum Gasteiger partial charge on any atom is 0.308 e. The van der Waals surface area contributed by atoms with Gasteiger partial charge in [0.2, 0.25) is 5.91 Å². The number of benzene rings is 1. The largest absolute Gasteiger partial charge is 0.453 e. The predicted molar refractivity (Wildman–Crippen MR) is 61.9 cm³/mol. The van der Waals surface area contributed by atoms with Gasteiger partial charge < -0.3 is 10.1 Å². The van der Waals surface area contributed by atoms with E-state index < -0.39 is 17.5 Å². The first-order chi connectivity index (χ1) is 8.55. The molecule has 0 saturated carbocycles. The van der Waals surface area contributed by atoms with Crippen LogP contribution in [0.1, 0.15) is 18.9 Å². The van der Waals surface area contributed by atoms with E-state index in [1.54, 1.807) is 24.3 Å². The number of carbonyl (C=O) groups excluding carboxylic acids is 3. The predicted octanol–water partition coefficient (Wildman–Crippen LogP) is 0.781. The number of ether oxygens (including phenoxy) is 1. The molecule has 2 heterocycles. The number of cyclic esters (lactones) is 1. The summed E-state index contributed by atoms with van der Waals surface area (Å²) in [6.45, 7) is 1.33. The van der Waals surface area contributed by atoms with Crippen molar-refractivity contribution in [3.8, 4) is 0 Å². The number of fused-ring (bicyclic) bond motifs is 2. The van der Waals surface area contributed by atoms with Gasteiger partial charge in [-0.25, -0.2) is 0 Å². The van der Waals surface area contributed by atoms with Crippen LogP contribution in [-0.2, 0) is 24.5 Å². The van der Waals surface area contributed by atoms with Crippen molar-refractivity contribution in [3.05, 3.63) is 29.8 Å². The van der Waals surface area contributed by atoms with Gasteiger partial charge in [-0.15, -0.1) is 0 Å². The Balaban J connectivity index is 2.22. The molecule has 1 aromatic rings. The van der Waals surface area contributed by atoms with E-state index in [4.69, 9.17) is 4.74 Å². The fourth-order valence-corrected chi connectivity index (χ4v) is 2.80. The van der Waals surface area contributed by atoms with E-state index in [0.717, 1.165) is 0 Å². The molecule has 18 heavy (non-hydrogen) atoms. The van der Waals surface area contributed by atoms with Gasteiger partial charge >= 0.3 is 5.97 Å². The average molecular weight is 245 g/mol. The van der Waals surface area contributed by atoms with E-state index in [-0.39, 0.29) is 18.1 Å². The Morgan fingerprint density at radius 2 is 2.11 bits per heavy atom. The van der Waals surface area contributed by atoms with Gasteiger partial charge in [-0.3, -0.25) is 14.4 Å². The summed E-state index contributed by atoms with van der Waals surface area (Å²) in [5, 5.41) is 2.71. The van der Waals surface area contributed by atoms with Crippen molar-refractivity contribution in [3.63, 3.8) is 0 Å². The van der Waals surface area contributed by atoms with Crippen LogP contribution in [0.15, 0.2) is 24.3 Å². The topological polar surface area (TPSA) is 72.5 Å². The summed E-state index contributed by atoms with van der Waals surface area (Å²) >= 11 is 0. The first-order valence-corrected chi connectivity index (χ1v) is 5.66. The van der Waals surface area contributed by atoms with Crippen LogP contribution in [0.25, 0.3) is 0 Å². The Morgan fingerprint density at radius 3 is 2.83 bits per heavy atom. The van der Waals surface area contributed by atoms with E-state index in [0.29, 0.717) is 11.3 Å². The highest BCUT2D eigenvalue weighted by atomic mass is 16.6. The van der Waals surface area contributed by atoms with Gasteiger partial charge in [0.05, 0.1) is 6.42 Å². The third kappa shape index (κ3) is 1.19. The minimum absolute atomic E-state index is 0.0832. The van der Waals surface area contributed by atoms with Crippen molar-refractivity contribution in [2.75, 3.05) is 5.32 Å². The van der Waals surface area contributed by atoms with Crippen molar-refractivity contribution in [2.45, 2.75) is 24.9 Å². The molecule has 0 aromatic heterocycles. The molecule has 1 aromatic carbocycles. The van der Waals surface area contributed by atoms with Crippen molar-refractivity contribution in [2.24, 2.45) is 0 Å². The van der Waals surface area contributed by atoms with Crippen LogP contribution in [0, 0.1) is 0 Å². The molecule has 1 fully saturated rings. The lowest BCUT2D eigenvalue weighted by Gasteiger charge is -2.24. The summed E-state index contributed by atoms with van der Waals surface area (Å²) in [4.78, 5) is 35.4. The molecule has 0 radical (unpaired) electrons. The summed E-state index contributed by atoms with van der Waals surface area (Å²) in [5.74, 6) is -1.16. The normalized spacial score (nSPS) is 29.1. The highest BCUT2D eigenvalue weighted by molar-refractivity contribution is 6.13. The van der Waals surface area contributed by atoms with Crippen molar-refractivity contribution in [1.29, 1.82) is 0 Å². The minimum atomic E-state index is -1.18. The second-order valence-corrected chi connectivity index (χ2v) is 4.63. The Labute approximate surface area is 103 Å². The monoisotopic (exact) mass is 245 g/mol. The lowest BCUT2D eigenvalue weighted by Crippen LogP contribution is -2.45. The highest BCUT2D eigenvalue weighted by Gasteiger charge is 2.61. The number of hydrogen-bond donors (Lipinski definition) is 1. The Hall–Kier alpha value is -2.17. The van der Waals surface area contributed by atoms with E-state index in [2.05, 4.69) is 5.32 Å². The van der Waals surface area contributed by atoms with Gasteiger partial charge in [-0.05, 0) is 18.6 Å². The van der Waals surface area contributed by atoms with Crippen molar-refractivity contribution < 1.29 is 19.1 Å². The Morgan fingerprint density at radius 1 is 1.39 bits per heavy atom.